The Bertz CT molecular complexity index is 2140. The van der Waals surface area contributed by atoms with Crippen LogP contribution in [0.3, 0.4) is 0 Å². The van der Waals surface area contributed by atoms with Crippen molar-refractivity contribution in [2.24, 2.45) is 10.8 Å². The number of nitrogens with zero attached hydrogens (tertiary/aromatic N) is 2. The number of hydrogen-bond donors (Lipinski definition) is 1. The number of rotatable bonds is 9. The first kappa shape index (κ1) is 38.2. The van der Waals surface area contributed by atoms with E-state index in [9.17, 15) is 9.90 Å². The zero-order valence-corrected chi connectivity index (χ0v) is 33.7. The van der Waals surface area contributed by atoms with Crippen LogP contribution in [0, 0.1) is 16.9 Å². The fourth-order valence-electron chi connectivity index (χ4n) is 6.27. The third kappa shape index (κ3) is 7.31. The largest absolute Gasteiger partial charge is 0.512 e. The SMILES string of the molecule is CCC(C)(CC)C(=O)/C=C(\O)C(C)(CC)CC.C[Si](C)(C)c1cccc2ccc3c(-c4[c-]ccc5c4oc4ccccc45)ncnc3c12.[Ir]. The molecule has 0 aliphatic heterocycles. The van der Waals surface area contributed by atoms with Gasteiger partial charge in [0.15, 0.2) is 5.78 Å². The van der Waals surface area contributed by atoms with E-state index >= 15 is 0 Å². The second kappa shape index (κ2) is 15.1. The van der Waals surface area contributed by atoms with Gasteiger partial charge in [0.2, 0.25) is 0 Å². The topological polar surface area (TPSA) is 76.2 Å². The summed E-state index contributed by atoms with van der Waals surface area (Å²) in [4.78, 5) is 21.6. The molecule has 1 N–H and O–H groups in total. The van der Waals surface area contributed by atoms with Gasteiger partial charge in [-0.1, -0.05) is 126 Å². The van der Waals surface area contributed by atoms with Crippen LogP contribution in [0.25, 0.3) is 54.9 Å². The fraction of sp³-hybridized carbons (Fsp3) is 0.357. The molecule has 2 aromatic heterocycles. The second-order valence-electron chi connectivity index (χ2n) is 14.5. The number of furan rings is 1. The maximum Gasteiger partial charge on any atom is 0.164 e. The van der Waals surface area contributed by atoms with Crippen LogP contribution in [0.5, 0.6) is 0 Å². The summed E-state index contributed by atoms with van der Waals surface area (Å²) in [6.45, 7) is 19.2. The van der Waals surface area contributed by atoms with Crippen molar-refractivity contribution in [2.45, 2.75) is 86.9 Å². The summed E-state index contributed by atoms with van der Waals surface area (Å²) in [5.74, 6) is 0.286. The molecule has 0 saturated heterocycles. The number of aliphatic hydroxyl groups is 1. The van der Waals surface area contributed by atoms with Crippen molar-refractivity contribution in [3.63, 3.8) is 0 Å². The van der Waals surface area contributed by atoms with E-state index in [0.29, 0.717) is 0 Å². The number of aliphatic hydroxyl groups excluding tert-OH is 1. The molecule has 259 valence electrons. The molecule has 0 amide bonds. The molecule has 6 rings (SSSR count). The van der Waals surface area contributed by atoms with Gasteiger partial charge < -0.3 is 9.52 Å². The Balaban J connectivity index is 0.000000260. The number of aromatic nitrogens is 2. The van der Waals surface area contributed by atoms with Crippen LogP contribution >= 0.6 is 0 Å². The molecule has 4 aromatic carbocycles. The van der Waals surface area contributed by atoms with Crippen LogP contribution in [-0.4, -0.2) is 28.9 Å². The molecule has 0 saturated carbocycles. The van der Waals surface area contributed by atoms with Crippen molar-refractivity contribution in [1.82, 2.24) is 9.97 Å². The third-order valence-corrected chi connectivity index (χ3v) is 12.7. The molecule has 0 unspecified atom stereocenters. The van der Waals surface area contributed by atoms with E-state index in [1.165, 1.54) is 22.0 Å². The Morgan fingerprint density at radius 2 is 1.51 bits per heavy atom. The molecule has 0 atom stereocenters. The Kier molecular flexibility index (Phi) is 11.7. The van der Waals surface area contributed by atoms with Gasteiger partial charge in [-0.3, -0.25) is 9.78 Å². The Labute approximate surface area is 305 Å². The van der Waals surface area contributed by atoms with Crippen LogP contribution in [-0.2, 0) is 24.9 Å². The van der Waals surface area contributed by atoms with E-state index < -0.39 is 8.07 Å². The first-order valence-electron chi connectivity index (χ1n) is 17.3. The summed E-state index contributed by atoms with van der Waals surface area (Å²) in [5.41, 5.74) is 3.84. The van der Waals surface area contributed by atoms with Gasteiger partial charge in [0, 0.05) is 53.5 Å². The Hall–Kier alpha value is -3.64. The summed E-state index contributed by atoms with van der Waals surface area (Å²) in [6, 6.07) is 26.5. The minimum absolute atomic E-state index is 0. The summed E-state index contributed by atoms with van der Waals surface area (Å²) in [6.07, 6.45) is 6.43. The number of fused-ring (bicyclic) bond motifs is 6. The number of hydrogen-bond acceptors (Lipinski definition) is 5. The molecule has 49 heavy (non-hydrogen) atoms. The van der Waals surface area contributed by atoms with Crippen LogP contribution < -0.4 is 5.19 Å². The molecule has 0 bridgehead atoms. The van der Waals surface area contributed by atoms with E-state index in [4.69, 9.17) is 14.4 Å². The van der Waals surface area contributed by atoms with Crippen molar-refractivity contribution in [3.8, 4) is 11.3 Å². The van der Waals surface area contributed by atoms with Crippen molar-refractivity contribution in [2.75, 3.05) is 0 Å². The van der Waals surface area contributed by atoms with Gasteiger partial charge in [0.25, 0.3) is 0 Å². The smallest absolute Gasteiger partial charge is 0.164 e. The molecule has 7 heteroatoms. The second-order valence-corrected chi connectivity index (χ2v) is 19.5. The number of carbonyl (C=O) groups excluding carboxylic acids is 1. The Morgan fingerprint density at radius 3 is 2.16 bits per heavy atom. The Morgan fingerprint density at radius 1 is 0.837 bits per heavy atom. The number of benzene rings is 4. The van der Waals surface area contributed by atoms with Gasteiger partial charge in [-0.2, -0.15) is 0 Å². The number of carbonyl (C=O) groups is 1. The summed E-state index contributed by atoms with van der Waals surface area (Å²) < 4.78 is 6.27. The van der Waals surface area contributed by atoms with Crippen molar-refractivity contribution < 1.29 is 34.4 Å². The zero-order chi connectivity index (χ0) is 34.9. The van der Waals surface area contributed by atoms with E-state index in [0.717, 1.165) is 69.8 Å². The van der Waals surface area contributed by atoms with E-state index in [1.807, 2.05) is 65.8 Å². The van der Waals surface area contributed by atoms with Gasteiger partial charge in [0.1, 0.15) is 17.7 Å². The van der Waals surface area contributed by atoms with Gasteiger partial charge >= 0.3 is 0 Å². The molecule has 0 fully saturated rings. The maximum absolute atomic E-state index is 12.2. The number of allylic oxidation sites excluding steroid dienone is 2. The van der Waals surface area contributed by atoms with E-state index in [-0.39, 0.29) is 42.5 Å². The summed E-state index contributed by atoms with van der Waals surface area (Å²) in [7, 11) is -1.56. The predicted molar refractivity (Wildman–Crippen MR) is 205 cm³/mol. The van der Waals surface area contributed by atoms with Gasteiger partial charge in [0.05, 0.1) is 19.2 Å². The maximum atomic E-state index is 12.2. The molecule has 0 aliphatic rings. The average molecular weight is 850 g/mol. The van der Waals surface area contributed by atoms with Crippen LogP contribution in [0.15, 0.2) is 89.3 Å². The number of ketones is 1. The van der Waals surface area contributed by atoms with Crippen molar-refractivity contribution in [1.29, 1.82) is 0 Å². The molecule has 2 heterocycles. The van der Waals surface area contributed by atoms with Crippen molar-refractivity contribution in [3.05, 3.63) is 91.0 Å². The summed E-state index contributed by atoms with van der Waals surface area (Å²) in [5, 5.41) is 17.3. The van der Waals surface area contributed by atoms with E-state index in [1.54, 1.807) is 6.33 Å². The van der Waals surface area contributed by atoms with Crippen LogP contribution in [0.2, 0.25) is 19.6 Å². The standard InChI is InChI=1S/C27H21N2OSi.C15H28O2.Ir/c1-31(2,3)23-13-6-8-17-14-15-20-25(28-16-29-26(20)24(17)23)21-11-7-10-19-18-9-4-5-12-22(18)30-27(19)21;1-7-14(5,8-2)12(16)11-13(17)15(6,9-3)10-4;/h4-10,12-16H,1-3H3;11,16H,7-10H2,1-6H3;/q-1;;/b;12-11-;. The molecule has 6 aromatic rings. The molecular weight excluding hydrogens is 801 g/mol. The van der Waals surface area contributed by atoms with Gasteiger partial charge in [-0.15, -0.1) is 18.2 Å². The third-order valence-electron chi connectivity index (χ3n) is 10.6. The first-order valence-corrected chi connectivity index (χ1v) is 20.8. The summed E-state index contributed by atoms with van der Waals surface area (Å²) >= 11 is 0. The van der Waals surface area contributed by atoms with Crippen LogP contribution in [0.1, 0.15) is 67.2 Å². The molecule has 5 nitrogen and oxygen atoms in total. The zero-order valence-electron chi connectivity index (χ0n) is 30.3. The monoisotopic (exact) mass is 850 g/mol. The van der Waals surface area contributed by atoms with Gasteiger partial charge in [-0.25, -0.2) is 4.98 Å². The minimum Gasteiger partial charge on any atom is -0.512 e. The van der Waals surface area contributed by atoms with Gasteiger partial charge in [-0.05, 0) is 42.5 Å². The molecular formula is C42H49IrN2O3Si-. The van der Waals surface area contributed by atoms with Crippen molar-refractivity contribution >= 4 is 62.7 Å². The van der Waals surface area contributed by atoms with Crippen LogP contribution in [0.4, 0.5) is 0 Å². The molecule has 0 aliphatic carbocycles. The minimum atomic E-state index is -1.56. The quantitative estimate of drug-likeness (QED) is 0.0516. The molecule has 1 radical (unpaired) electrons. The number of para-hydroxylation sites is 1. The average Bonchev–Trinajstić information content (AvgIpc) is 3.49. The predicted octanol–water partition coefficient (Wildman–Crippen LogP) is 11.3. The molecule has 0 spiro atoms. The first-order chi connectivity index (χ1) is 22.8. The fourth-order valence-corrected chi connectivity index (χ4v) is 7.88. The normalized spacial score (nSPS) is 12.6. The van der Waals surface area contributed by atoms with E-state index in [2.05, 4.69) is 68.2 Å².